The molecule has 2 fully saturated rings. The Labute approximate surface area is 135 Å². The lowest BCUT2D eigenvalue weighted by Crippen LogP contribution is -2.44. The van der Waals surface area contributed by atoms with Gasteiger partial charge in [0.25, 0.3) is 0 Å². The first-order chi connectivity index (χ1) is 10.5. The Bertz CT molecular complexity index is 499. The van der Waals surface area contributed by atoms with Crippen molar-refractivity contribution < 1.29 is 9.90 Å². The van der Waals surface area contributed by atoms with Crippen molar-refractivity contribution in [3.63, 3.8) is 0 Å². The Hall–Kier alpha value is -1.11. The molecule has 3 N–H and O–H groups in total. The summed E-state index contributed by atoms with van der Waals surface area (Å²) >= 11 is 1.50. The number of hydrogen-bond acceptors (Lipinski definition) is 4. The highest BCUT2D eigenvalue weighted by molar-refractivity contribution is 7.10. The lowest BCUT2D eigenvalue weighted by molar-refractivity contribution is 0.0631. The molecule has 0 aromatic carbocycles. The average molecular weight is 323 g/mol. The van der Waals surface area contributed by atoms with Gasteiger partial charge in [0.2, 0.25) is 0 Å². The van der Waals surface area contributed by atoms with Crippen LogP contribution in [-0.4, -0.2) is 48.3 Å². The van der Waals surface area contributed by atoms with Crippen LogP contribution in [0.4, 0.5) is 4.79 Å². The Kier molecular flexibility index (Phi) is 4.70. The van der Waals surface area contributed by atoms with Crippen molar-refractivity contribution in [3.05, 3.63) is 22.4 Å². The number of amides is 2. The number of carbonyl (C=O) groups excluding carboxylic acids is 1. The fourth-order valence-electron chi connectivity index (χ4n) is 3.02. The largest absolute Gasteiger partial charge is 0.383 e. The minimum absolute atomic E-state index is 0.193. The molecule has 5 nitrogen and oxygen atoms in total. The SMILES string of the molecule is CC(O)(CNC(=O)NCC1CCN(C2CC2)C1)c1cccs1. The molecule has 2 heterocycles. The monoisotopic (exact) mass is 323 g/mol. The minimum atomic E-state index is -1.01. The van der Waals surface area contributed by atoms with Crippen molar-refractivity contribution in [2.75, 3.05) is 26.2 Å². The molecule has 122 valence electrons. The van der Waals surface area contributed by atoms with Gasteiger partial charge in [0.1, 0.15) is 5.60 Å². The van der Waals surface area contributed by atoms with Gasteiger partial charge in [-0.05, 0) is 50.1 Å². The minimum Gasteiger partial charge on any atom is -0.383 e. The molecular formula is C16H25N3O2S. The molecule has 2 atom stereocenters. The molecule has 22 heavy (non-hydrogen) atoms. The first-order valence-corrected chi connectivity index (χ1v) is 8.95. The fourth-order valence-corrected chi connectivity index (χ4v) is 3.81. The summed E-state index contributed by atoms with van der Waals surface area (Å²) in [4.78, 5) is 15.3. The van der Waals surface area contributed by atoms with Gasteiger partial charge in [-0.25, -0.2) is 4.79 Å². The van der Waals surface area contributed by atoms with Crippen LogP contribution >= 0.6 is 11.3 Å². The van der Waals surface area contributed by atoms with Crippen LogP contribution in [0.5, 0.6) is 0 Å². The molecule has 1 aliphatic heterocycles. The third kappa shape index (κ3) is 4.00. The normalized spacial score (nSPS) is 24.9. The summed E-state index contributed by atoms with van der Waals surface area (Å²) in [5.74, 6) is 0.559. The van der Waals surface area contributed by atoms with E-state index in [4.69, 9.17) is 0 Å². The number of carbonyl (C=O) groups is 1. The summed E-state index contributed by atoms with van der Waals surface area (Å²) in [7, 11) is 0. The van der Waals surface area contributed by atoms with E-state index in [1.54, 1.807) is 6.92 Å². The van der Waals surface area contributed by atoms with Crippen LogP contribution in [0.2, 0.25) is 0 Å². The first-order valence-electron chi connectivity index (χ1n) is 8.07. The van der Waals surface area contributed by atoms with Crippen molar-refractivity contribution in [1.29, 1.82) is 0 Å². The van der Waals surface area contributed by atoms with Crippen LogP contribution in [0.25, 0.3) is 0 Å². The summed E-state index contributed by atoms with van der Waals surface area (Å²) in [5.41, 5.74) is -1.01. The van der Waals surface area contributed by atoms with E-state index in [1.165, 1.54) is 37.1 Å². The average Bonchev–Trinajstić information content (AvgIpc) is 3.02. The molecule has 0 radical (unpaired) electrons. The number of thiophene rings is 1. The first kappa shape index (κ1) is 15.8. The predicted molar refractivity (Wildman–Crippen MR) is 88.0 cm³/mol. The Morgan fingerprint density at radius 3 is 2.95 bits per heavy atom. The maximum atomic E-state index is 11.9. The van der Waals surface area contributed by atoms with E-state index in [1.807, 2.05) is 17.5 Å². The zero-order valence-electron chi connectivity index (χ0n) is 13.0. The van der Waals surface area contributed by atoms with Gasteiger partial charge in [-0.3, -0.25) is 0 Å². The summed E-state index contributed by atoms with van der Waals surface area (Å²) < 4.78 is 0. The molecule has 2 aliphatic rings. The number of hydrogen-bond donors (Lipinski definition) is 3. The number of nitrogens with zero attached hydrogens (tertiary/aromatic N) is 1. The zero-order valence-corrected chi connectivity index (χ0v) is 13.9. The lowest BCUT2D eigenvalue weighted by atomic mass is 10.1. The van der Waals surface area contributed by atoms with Gasteiger partial charge in [-0.1, -0.05) is 6.07 Å². The van der Waals surface area contributed by atoms with Gasteiger partial charge in [0, 0.05) is 24.0 Å². The standard InChI is InChI=1S/C16H25N3O2S/c1-16(21,14-3-2-8-22-14)11-18-15(20)17-9-12-6-7-19(10-12)13-4-5-13/h2-3,8,12-13,21H,4-7,9-11H2,1H3,(H2,17,18,20). The lowest BCUT2D eigenvalue weighted by Gasteiger charge is -2.22. The van der Waals surface area contributed by atoms with Gasteiger partial charge in [0.05, 0.1) is 6.54 Å². The zero-order chi connectivity index (χ0) is 15.6. The quantitative estimate of drug-likeness (QED) is 0.747. The van der Waals surface area contributed by atoms with Gasteiger partial charge >= 0.3 is 6.03 Å². The molecular weight excluding hydrogens is 298 g/mol. The molecule has 1 saturated heterocycles. The van der Waals surface area contributed by atoms with Gasteiger partial charge in [-0.2, -0.15) is 0 Å². The molecule has 1 aromatic heterocycles. The van der Waals surface area contributed by atoms with Crippen molar-refractivity contribution in [2.24, 2.45) is 5.92 Å². The molecule has 3 rings (SSSR count). The number of nitrogens with one attached hydrogen (secondary N) is 2. The maximum Gasteiger partial charge on any atom is 0.314 e. The van der Waals surface area contributed by atoms with E-state index >= 15 is 0 Å². The van der Waals surface area contributed by atoms with E-state index in [-0.39, 0.29) is 12.6 Å². The fraction of sp³-hybridized carbons (Fsp3) is 0.688. The van der Waals surface area contributed by atoms with Crippen molar-refractivity contribution in [3.8, 4) is 0 Å². The third-order valence-electron chi connectivity index (χ3n) is 4.58. The Morgan fingerprint density at radius 2 is 2.27 bits per heavy atom. The van der Waals surface area contributed by atoms with Crippen LogP contribution in [-0.2, 0) is 5.60 Å². The highest BCUT2D eigenvalue weighted by Gasteiger charge is 2.34. The van der Waals surface area contributed by atoms with Crippen LogP contribution < -0.4 is 10.6 Å². The molecule has 1 saturated carbocycles. The van der Waals surface area contributed by atoms with Crippen LogP contribution in [0, 0.1) is 5.92 Å². The van der Waals surface area contributed by atoms with Crippen molar-refractivity contribution in [2.45, 2.75) is 37.8 Å². The summed E-state index contributed by atoms with van der Waals surface area (Å²) in [5, 5.41) is 18.0. The summed E-state index contributed by atoms with van der Waals surface area (Å²) in [6.07, 6.45) is 3.86. The van der Waals surface area contributed by atoms with Crippen LogP contribution in [0.3, 0.4) is 0 Å². The topological polar surface area (TPSA) is 64.6 Å². The Morgan fingerprint density at radius 1 is 1.45 bits per heavy atom. The van der Waals surface area contributed by atoms with Gasteiger partial charge < -0.3 is 20.6 Å². The number of likely N-dealkylation sites (tertiary alicyclic amines) is 1. The number of aliphatic hydroxyl groups is 1. The van der Waals surface area contributed by atoms with Gasteiger partial charge in [-0.15, -0.1) is 11.3 Å². The second-order valence-corrected chi connectivity index (χ2v) is 7.64. The van der Waals surface area contributed by atoms with E-state index in [0.29, 0.717) is 5.92 Å². The summed E-state index contributed by atoms with van der Waals surface area (Å²) in [6.45, 7) is 4.95. The predicted octanol–water partition coefficient (Wildman–Crippen LogP) is 1.74. The second kappa shape index (κ2) is 6.56. The van der Waals surface area contributed by atoms with E-state index in [2.05, 4.69) is 15.5 Å². The Balaban J connectivity index is 1.36. The third-order valence-corrected chi connectivity index (χ3v) is 5.70. The molecule has 2 unspecified atom stereocenters. The molecule has 1 aliphatic carbocycles. The van der Waals surface area contributed by atoms with E-state index < -0.39 is 5.60 Å². The maximum absolute atomic E-state index is 11.9. The number of rotatable bonds is 6. The molecule has 2 amide bonds. The molecule has 0 spiro atoms. The molecule has 6 heteroatoms. The second-order valence-electron chi connectivity index (χ2n) is 6.70. The van der Waals surface area contributed by atoms with Crippen molar-refractivity contribution in [1.82, 2.24) is 15.5 Å². The molecule has 1 aromatic rings. The highest BCUT2D eigenvalue weighted by Crippen LogP contribution is 2.31. The van der Waals surface area contributed by atoms with Gasteiger partial charge in [0.15, 0.2) is 0 Å². The van der Waals surface area contributed by atoms with Crippen molar-refractivity contribution >= 4 is 17.4 Å². The van der Waals surface area contributed by atoms with E-state index in [9.17, 15) is 9.90 Å². The van der Waals surface area contributed by atoms with Crippen LogP contribution in [0.1, 0.15) is 31.1 Å². The summed E-state index contributed by atoms with van der Waals surface area (Å²) in [6, 6.07) is 4.41. The smallest absolute Gasteiger partial charge is 0.314 e. The highest BCUT2D eigenvalue weighted by atomic mass is 32.1. The van der Waals surface area contributed by atoms with Crippen LogP contribution in [0.15, 0.2) is 17.5 Å². The molecule has 0 bridgehead atoms. The van der Waals surface area contributed by atoms with E-state index in [0.717, 1.165) is 24.0 Å². The number of urea groups is 1.